The van der Waals surface area contributed by atoms with Crippen molar-refractivity contribution in [3.63, 3.8) is 0 Å². The van der Waals surface area contributed by atoms with E-state index in [9.17, 15) is 14.0 Å². The number of carbonyl (C=O) groups is 2. The van der Waals surface area contributed by atoms with Gasteiger partial charge in [-0.15, -0.1) is 0 Å². The zero-order valence-electron chi connectivity index (χ0n) is 19.7. The molecule has 5 rings (SSSR count). The molecule has 1 amide bonds. The van der Waals surface area contributed by atoms with Crippen LogP contribution < -0.4 is 11.1 Å². The van der Waals surface area contributed by atoms with Crippen LogP contribution in [-0.4, -0.2) is 39.8 Å². The number of rotatable bonds is 6. The van der Waals surface area contributed by atoms with E-state index in [-0.39, 0.29) is 23.7 Å². The van der Waals surface area contributed by atoms with Gasteiger partial charge in [0.2, 0.25) is 0 Å². The number of carbonyl (C=O) groups excluding carboxylic acids is 2. The van der Waals surface area contributed by atoms with Crippen LogP contribution in [0.25, 0.3) is 22.2 Å². The van der Waals surface area contributed by atoms with Crippen LogP contribution in [0, 0.1) is 5.82 Å². The highest BCUT2D eigenvalue weighted by molar-refractivity contribution is 6.10. The van der Waals surface area contributed by atoms with Gasteiger partial charge in [-0.2, -0.15) is 9.78 Å². The van der Waals surface area contributed by atoms with Gasteiger partial charge in [-0.3, -0.25) is 4.79 Å². The maximum atomic E-state index is 13.2. The number of anilines is 1. The fourth-order valence-electron chi connectivity index (χ4n) is 3.81. The highest BCUT2D eigenvalue weighted by atomic mass is 19.1. The van der Waals surface area contributed by atoms with Crippen molar-refractivity contribution in [1.29, 1.82) is 0 Å². The summed E-state index contributed by atoms with van der Waals surface area (Å²) in [4.78, 5) is 34.2. The van der Waals surface area contributed by atoms with Gasteiger partial charge in [-0.05, 0) is 47.5 Å². The summed E-state index contributed by atoms with van der Waals surface area (Å²) in [6.45, 7) is 0.169. The molecule has 0 unspecified atom stereocenters. The molecule has 0 bridgehead atoms. The minimum atomic E-state index is -0.465. The molecule has 0 radical (unpaired) electrons. The van der Waals surface area contributed by atoms with E-state index in [0.29, 0.717) is 33.3 Å². The van der Waals surface area contributed by atoms with E-state index in [1.807, 2.05) is 12.1 Å². The van der Waals surface area contributed by atoms with Crippen LogP contribution in [0.5, 0.6) is 0 Å². The summed E-state index contributed by atoms with van der Waals surface area (Å²) in [7, 11) is 1.32. The number of hydrogen-bond acceptors (Lipinski definition) is 7. The molecule has 0 atom stereocenters. The topological polar surface area (TPSA) is 124 Å². The maximum absolute atomic E-state index is 13.2. The van der Waals surface area contributed by atoms with Gasteiger partial charge in [0.25, 0.3) is 5.91 Å². The van der Waals surface area contributed by atoms with Gasteiger partial charge in [0.1, 0.15) is 22.7 Å². The van der Waals surface area contributed by atoms with E-state index in [0.717, 1.165) is 5.56 Å². The SMILES string of the molecule is COC(=O)c1ccc(/C=N/n2c(N)c(C(=O)NCc3ccc(F)cc3)c3nc4ccccc4nc32)cc1. The van der Waals surface area contributed by atoms with Crippen LogP contribution in [0.2, 0.25) is 0 Å². The summed E-state index contributed by atoms with van der Waals surface area (Å²) in [5.74, 6) is -1.21. The number of methoxy groups -OCH3 is 1. The normalized spacial score (nSPS) is 11.3. The van der Waals surface area contributed by atoms with Gasteiger partial charge in [0.15, 0.2) is 5.65 Å². The van der Waals surface area contributed by atoms with Gasteiger partial charge in [-0.1, -0.05) is 36.4 Å². The quantitative estimate of drug-likeness (QED) is 0.271. The third kappa shape index (κ3) is 4.72. The average molecular weight is 497 g/mol. The van der Waals surface area contributed by atoms with Crippen molar-refractivity contribution < 1.29 is 18.7 Å². The Balaban J connectivity index is 1.54. The molecule has 0 spiro atoms. The lowest BCUT2D eigenvalue weighted by Crippen LogP contribution is -2.23. The number of nitrogens with two attached hydrogens (primary N) is 1. The minimum absolute atomic E-state index is 0.0596. The lowest BCUT2D eigenvalue weighted by atomic mass is 10.1. The number of ether oxygens (including phenoxy) is 1. The van der Waals surface area contributed by atoms with Crippen molar-refractivity contribution in [2.45, 2.75) is 6.54 Å². The first-order valence-electron chi connectivity index (χ1n) is 11.3. The van der Waals surface area contributed by atoms with E-state index in [2.05, 4.69) is 20.4 Å². The van der Waals surface area contributed by atoms with Crippen molar-refractivity contribution in [3.05, 3.63) is 101 Å². The van der Waals surface area contributed by atoms with Gasteiger partial charge >= 0.3 is 5.97 Å². The van der Waals surface area contributed by atoms with Crippen LogP contribution in [-0.2, 0) is 11.3 Å². The molecule has 5 aromatic rings. The van der Waals surface area contributed by atoms with E-state index in [4.69, 9.17) is 10.5 Å². The Hall–Kier alpha value is -5.12. The lowest BCUT2D eigenvalue weighted by molar-refractivity contribution is 0.0600. The number of nitrogens with one attached hydrogen (secondary N) is 1. The Morgan fingerprint density at radius 1 is 1.03 bits per heavy atom. The molecule has 9 nitrogen and oxygen atoms in total. The summed E-state index contributed by atoms with van der Waals surface area (Å²) < 4.78 is 19.3. The molecule has 37 heavy (non-hydrogen) atoms. The number of aromatic nitrogens is 3. The van der Waals surface area contributed by atoms with Crippen LogP contribution >= 0.6 is 0 Å². The fraction of sp³-hybridized carbons (Fsp3) is 0.0741. The highest BCUT2D eigenvalue weighted by Gasteiger charge is 2.24. The number of fused-ring (bicyclic) bond motifs is 2. The molecule has 0 aliphatic heterocycles. The average Bonchev–Trinajstić information content (AvgIpc) is 3.19. The first kappa shape index (κ1) is 23.6. The zero-order chi connectivity index (χ0) is 25.9. The Morgan fingerprint density at radius 2 is 1.70 bits per heavy atom. The van der Waals surface area contributed by atoms with Crippen molar-refractivity contribution in [2.24, 2.45) is 5.10 Å². The van der Waals surface area contributed by atoms with E-state index in [1.54, 1.807) is 48.5 Å². The number of hydrogen-bond donors (Lipinski definition) is 2. The van der Waals surface area contributed by atoms with Gasteiger partial charge < -0.3 is 15.8 Å². The van der Waals surface area contributed by atoms with Crippen LogP contribution in [0.3, 0.4) is 0 Å². The second-order valence-electron chi connectivity index (χ2n) is 8.12. The van der Waals surface area contributed by atoms with Gasteiger partial charge in [-0.25, -0.2) is 19.2 Å². The summed E-state index contributed by atoms with van der Waals surface area (Å²) in [6.07, 6.45) is 1.54. The second-order valence-corrected chi connectivity index (χ2v) is 8.12. The number of esters is 1. The number of nitrogens with zero attached hydrogens (tertiary/aromatic N) is 4. The van der Waals surface area contributed by atoms with Crippen molar-refractivity contribution in [3.8, 4) is 0 Å². The van der Waals surface area contributed by atoms with E-state index in [1.165, 1.54) is 30.1 Å². The van der Waals surface area contributed by atoms with Crippen molar-refractivity contribution in [2.75, 3.05) is 12.8 Å². The Labute approximate surface area is 210 Å². The summed E-state index contributed by atoms with van der Waals surface area (Å²) >= 11 is 0. The van der Waals surface area contributed by atoms with E-state index >= 15 is 0 Å². The monoisotopic (exact) mass is 496 g/mol. The number of amides is 1. The number of para-hydroxylation sites is 2. The predicted molar refractivity (Wildman–Crippen MR) is 138 cm³/mol. The second kappa shape index (κ2) is 9.86. The Morgan fingerprint density at radius 3 is 2.38 bits per heavy atom. The summed E-state index contributed by atoms with van der Waals surface area (Å²) in [6, 6.07) is 19.7. The molecule has 3 aromatic carbocycles. The lowest BCUT2D eigenvalue weighted by Gasteiger charge is -2.06. The molecule has 2 aromatic heterocycles. The molecule has 10 heteroatoms. The molecule has 0 fully saturated rings. The molecule has 0 aliphatic carbocycles. The third-order valence-electron chi connectivity index (χ3n) is 5.72. The highest BCUT2D eigenvalue weighted by Crippen LogP contribution is 2.28. The van der Waals surface area contributed by atoms with E-state index < -0.39 is 11.9 Å². The summed E-state index contributed by atoms with van der Waals surface area (Å²) in [5.41, 5.74) is 10.2. The third-order valence-corrected chi connectivity index (χ3v) is 5.72. The number of benzene rings is 3. The first-order chi connectivity index (χ1) is 17.9. The van der Waals surface area contributed by atoms with Crippen molar-refractivity contribution >= 4 is 46.1 Å². The molecule has 0 saturated heterocycles. The largest absolute Gasteiger partial charge is 0.465 e. The molecule has 3 N–H and O–H groups in total. The van der Waals surface area contributed by atoms with Crippen LogP contribution in [0.4, 0.5) is 10.2 Å². The molecular weight excluding hydrogens is 475 g/mol. The van der Waals surface area contributed by atoms with Crippen molar-refractivity contribution in [1.82, 2.24) is 20.0 Å². The number of nitrogen functional groups attached to an aromatic ring is 1. The molecule has 184 valence electrons. The molecule has 0 aliphatic rings. The zero-order valence-corrected chi connectivity index (χ0v) is 19.7. The van der Waals surface area contributed by atoms with Crippen LogP contribution in [0.1, 0.15) is 31.8 Å². The van der Waals surface area contributed by atoms with Crippen LogP contribution in [0.15, 0.2) is 77.9 Å². The standard InChI is InChI=1S/C27H21FN6O3/c1-37-27(36)18-10-6-17(7-11-18)15-31-34-24(29)22(26(35)30-14-16-8-12-19(28)13-9-16)23-25(34)33-21-5-3-2-4-20(21)32-23/h2-13,15H,14,29H2,1H3,(H,30,35)/b31-15+. The Bertz CT molecular complexity index is 1660. The summed E-state index contributed by atoms with van der Waals surface area (Å²) in [5, 5.41) is 7.27. The minimum Gasteiger partial charge on any atom is -0.465 e. The van der Waals surface area contributed by atoms with Gasteiger partial charge in [0, 0.05) is 6.54 Å². The maximum Gasteiger partial charge on any atom is 0.337 e. The predicted octanol–water partition coefficient (Wildman–Crippen LogP) is 3.90. The molecule has 0 saturated carbocycles. The Kier molecular flexibility index (Phi) is 6.29. The van der Waals surface area contributed by atoms with Gasteiger partial charge in [0.05, 0.1) is 29.9 Å². The number of halogens is 1. The molecular formula is C27H21FN6O3. The fourth-order valence-corrected chi connectivity index (χ4v) is 3.81. The molecule has 2 heterocycles. The smallest absolute Gasteiger partial charge is 0.337 e. The first-order valence-corrected chi connectivity index (χ1v) is 11.3.